The van der Waals surface area contributed by atoms with E-state index in [0.29, 0.717) is 25.4 Å². The van der Waals surface area contributed by atoms with Crippen molar-refractivity contribution < 1.29 is 27.4 Å². The third-order valence-electron chi connectivity index (χ3n) is 5.15. The monoisotopic (exact) mass is 463 g/mol. The minimum atomic E-state index is -3.80. The first-order valence-corrected chi connectivity index (χ1v) is 12.0. The van der Waals surface area contributed by atoms with Crippen LogP contribution >= 0.6 is 0 Å². The topological polar surface area (TPSA) is 107 Å². The zero-order valence-electron chi connectivity index (χ0n) is 18.4. The quantitative estimate of drug-likeness (QED) is 0.570. The van der Waals surface area contributed by atoms with Gasteiger partial charge in [0.2, 0.25) is 15.9 Å². The van der Waals surface area contributed by atoms with Crippen LogP contribution in [-0.4, -0.2) is 64.1 Å². The van der Waals surface area contributed by atoms with Gasteiger partial charge in [-0.25, -0.2) is 13.4 Å². The van der Waals surface area contributed by atoms with Crippen LogP contribution in [0.25, 0.3) is 0 Å². The molecule has 0 radical (unpaired) electrons. The summed E-state index contributed by atoms with van der Waals surface area (Å²) in [6.45, 7) is 1.57. The van der Waals surface area contributed by atoms with Crippen molar-refractivity contribution in [3.05, 3.63) is 42.1 Å². The third kappa shape index (κ3) is 5.76. The summed E-state index contributed by atoms with van der Waals surface area (Å²) in [4.78, 5) is 17.1. The third-order valence-corrected chi connectivity index (χ3v) is 7.07. The fourth-order valence-electron chi connectivity index (χ4n) is 3.46. The van der Waals surface area contributed by atoms with E-state index in [1.807, 2.05) is 0 Å². The number of carbonyl (C=O) groups excluding carboxylic acids is 1. The molecule has 2 heterocycles. The normalized spacial score (nSPS) is 15.1. The fraction of sp³-hybridized carbons (Fsp3) is 0.455. The van der Waals surface area contributed by atoms with Gasteiger partial charge in [-0.2, -0.15) is 4.31 Å². The highest BCUT2D eigenvalue weighted by atomic mass is 32.2. The summed E-state index contributed by atoms with van der Waals surface area (Å²) < 4.78 is 43.9. The molecule has 1 aliphatic rings. The molecular weight excluding hydrogens is 434 g/mol. The van der Waals surface area contributed by atoms with Gasteiger partial charge in [0.05, 0.1) is 13.7 Å². The Bertz CT molecular complexity index is 1020. The van der Waals surface area contributed by atoms with Crippen LogP contribution in [0.1, 0.15) is 36.0 Å². The molecule has 1 aliphatic heterocycles. The highest BCUT2D eigenvalue weighted by Crippen LogP contribution is 2.30. The number of sulfonamides is 1. The molecule has 0 atom stereocenters. The van der Waals surface area contributed by atoms with E-state index in [9.17, 15) is 13.2 Å². The van der Waals surface area contributed by atoms with Crippen molar-refractivity contribution in [2.45, 2.75) is 30.6 Å². The summed E-state index contributed by atoms with van der Waals surface area (Å²) in [5.74, 6) is -0.0239. The van der Waals surface area contributed by atoms with E-state index in [-0.39, 0.29) is 28.7 Å². The van der Waals surface area contributed by atoms with Gasteiger partial charge < -0.3 is 19.5 Å². The molecule has 2 aromatic rings. The van der Waals surface area contributed by atoms with Gasteiger partial charge in [0.15, 0.2) is 0 Å². The van der Waals surface area contributed by atoms with Crippen molar-refractivity contribution in [3.63, 3.8) is 0 Å². The van der Waals surface area contributed by atoms with Gasteiger partial charge in [-0.15, -0.1) is 0 Å². The molecule has 10 heteroatoms. The Morgan fingerprint density at radius 3 is 2.53 bits per heavy atom. The summed E-state index contributed by atoms with van der Waals surface area (Å²) in [5.41, 5.74) is 0.562. The van der Waals surface area contributed by atoms with E-state index in [0.717, 1.165) is 25.7 Å². The van der Waals surface area contributed by atoms with E-state index in [1.165, 1.54) is 29.6 Å². The molecule has 1 saturated heterocycles. The number of nitrogens with zero attached hydrogens (tertiary/aromatic N) is 2. The lowest BCUT2D eigenvalue weighted by Crippen LogP contribution is -2.32. The molecule has 0 saturated carbocycles. The summed E-state index contributed by atoms with van der Waals surface area (Å²) in [6, 6.07) is 7.71. The van der Waals surface area contributed by atoms with Crippen molar-refractivity contribution >= 4 is 21.6 Å². The molecule has 1 fully saturated rings. The average Bonchev–Trinajstić information content (AvgIpc) is 3.10. The molecule has 9 nitrogen and oxygen atoms in total. The molecule has 1 amide bonds. The van der Waals surface area contributed by atoms with E-state index in [2.05, 4.69) is 10.3 Å². The minimum absolute atomic E-state index is 0.0164. The SMILES string of the molecule is COCCOc1ncccc1NC(=O)c1ccc(OC)c(S(=O)(=O)N2CCCCCC2)c1. The molecule has 1 aromatic heterocycles. The van der Waals surface area contributed by atoms with Gasteiger partial charge in [0.25, 0.3) is 5.91 Å². The summed E-state index contributed by atoms with van der Waals surface area (Å²) >= 11 is 0. The van der Waals surface area contributed by atoms with Gasteiger partial charge >= 0.3 is 0 Å². The Balaban J connectivity index is 1.86. The Morgan fingerprint density at radius 1 is 1.09 bits per heavy atom. The number of hydrogen-bond donors (Lipinski definition) is 1. The Labute approximate surface area is 188 Å². The Morgan fingerprint density at radius 2 is 1.84 bits per heavy atom. The molecule has 0 spiro atoms. The van der Waals surface area contributed by atoms with Gasteiger partial charge in [-0.05, 0) is 43.2 Å². The van der Waals surface area contributed by atoms with Gasteiger partial charge in [0.1, 0.15) is 22.9 Å². The summed E-state index contributed by atoms with van der Waals surface area (Å²) in [5, 5.41) is 2.74. The predicted molar refractivity (Wildman–Crippen MR) is 120 cm³/mol. The Kier molecular flexibility index (Phi) is 8.43. The number of benzene rings is 1. The number of amides is 1. The number of pyridine rings is 1. The second-order valence-electron chi connectivity index (χ2n) is 7.34. The van der Waals surface area contributed by atoms with Crippen LogP contribution in [0.15, 0.2) is 41.4 Å². The minimum Gasteiger partial charge on any atom is -0.495 e. The van der Waals surface area contributed by atoms with Gasteiger partial charge in [0, 0.05) is 32.0 Å². The van der Waals surface area contributed by atoms with Crippen LogP contribution in [-0.2, 0) is 14.8 Å². The van der Waals surface area contributed by atoms with Crippen molar-refractivity contribution in [3.8, 4) is 11.6 Å². The lowest BCUT2D eigenvalue weighted by Gasteiger charge is -2.21. The molecule has 0 aliphatic carbocycles. The van der Waals surface area contributed by atoms with Crippen molar-refractivity contribution in [2.75, 3.05) is 45.8 Å². The smallest absolute Gasteiger partial charge is 0.255 e. The number of nitrogens with one attached hydrogen (secondary N) is 1. The highest BCUT2D eigenvalue weighted by Gasteiger charge is 2.29. The van der Waals surface area contributed by atoms with E-state index < -0.39 is 15.9 Å². The largest absolute Gasteiger partial charge is 0.495 e. The van der Waals surface area contributed by atoms with Crippen LogP contribution in [0.5, 0.6) is 11.6 Å². The number of hydrogen-bond acceptors (Lipinski definition) is 7. The number of aromatic nitrogens is 1. The molecule has 1 N–H and O–H groups in total. The maximum Gasteiger partial charge on any atom is 0.255 e. The van der Waals surface area contributed by atoms with Crippen molar-refractivity contribution in [1.29, 1.82) is 0 Å². The lowest BCUT2D eigenvalue weighted by atomic mass is 10.2. The van der Waals surface area contributed by atoms with Crippen LogP contribution in [0.3, 0.4) is 0 Å². The van der Waals surface area contributed by atoms with Crippen LogP contribution in [0.4, 0.5) is 5.69 Å². The molecule has 32 heavy (non-hydrogen) atoms. The van der Waals surface area contributed by atoms with Gasteiger partial charge in [-0.1, -0.05) is 12.8 Å². The highest BCUT2D eigenvalue weighted by molar-refractivity contribution is 7.89. The van der Waals surface area contributed by atoms with Gasteiger partial charge in [-0.3, -0.25) is 4.79 Å². The standard InChI is InChI=1S/C22H29N3O6S/c1-29-14-15-31-22-18(8-7-11-23-22)24-21(26)17-9-10-19(30-2)20(16-17)32(27,28)25-12-5-3-4-6-13-25/h7-11,16H,3-6,12-15H2,1-2H3,(H,24,26). The average molecular weight is 464 g/mol. The molecule has 0 bridgehead atoms. The molecule has 3 rings (SSSR count). The first-order chi connectivity index (χ1) is 15.5. The van der Waals surface area contributed by atoms with Crippen LogP contribution in [0.2, 0.25) is 0 Å². The second kappa shape index (κ2) is 11.3. The van der Waals surface area contributed by atoms with Crippen molar-refractivity contribution in [1.82, 2.24) is 9.29 Å². The second-order valence-corrected chi connectivity index (χ2v) is 9.24. The molecule has 0 unspecified atom stereocenters. The summed E-state index contributed by atoms with van der Waals surface area (Å²) in [7, 11) is -0.829. The number of rotatable bonds is 9. The van der Waals surface area contributed by atoms with Crippen molar-refractivity contribution in [2.24, 2.45) is 0 Å². The van der Waals surface area contributed by atoms with E-state index in [1.54, 1.807) is 25.4 Å². The van der Waals surface area contributed by atoms with E-state index >= 15 is 0 Å². The zero-order chi connectivity index (χ0) is 23.0. The number of methoxy groups -OCH3 is 2. The Hall–Kier alpha value is -2.69. The van der Waals surface area contributed by atoms with Crippen LogP contribution in [0, 0.1) is 0 Å². The van der Waals surface area contributed by atoms with E-state index in [4.69, 9.17) is 14.2 Å². The number of anilines is 1. The number of carbonyl (C=O) groups is 1. The lowest BCUT2D eigenvalue weighted by molar-refractivity contribution is 0.102. The summed E-state index contributed by atoms with van der Waals surface area (Å²) in [6.07, 6.45) is 5.19. The first-order valence-electron chi connectivity index (χ1n) is 10.5. The predicted octanol–water partition coefficient (Wildman–Crippen LogP) is 2.93. The van der Waals surface area contributed by atoms with Crippen LogP contribution < -0.4 is 14.8 Å². The number of ether oxygens (including phenoxy) is 3. The zero-order valence-corrected chi connectivity index (χ0v) is 19.2. The molecule has 1 aromatic carbocycles. The fourth-order valence-corrected chi connectivity index (χ4v) is 5.16. The molecular formula is C22H29N3O6S. The maximum atomic E-state index is 13.3. The maximum absolute atomic E-state index is 13.3. The first kappa shape index (κ1) is 24.0. The molecule has 174 valence electrons.